The number of carbonyl (C=O) groups excluding carboxylic acids is 1. The van der Waals surface area contributed by atoms with Gasteiger partial charge in [-0.15, -0.1) is 0 Å². The SMILES string of the molecule is CCc1noc([C@H]2CCCN(C(=O)COc3ccccc3)C2)n1. The summed E-state index contributed by atoms with van der Waals surface area (Å²) in [5.41, 5.74) is 0. The van der Waals surface area contributed by atoms with Crippen molar-refractivity contribution in [3.8, 4) is 5.75 Å². The molecule has 1 aliphatic heterocycles. The summed E-state index contributed by atoms with van der Waals surface area (Å²) >= 11 is 0. The molecule has 1 aliphatic rings. The Morgan fingerprint density at radius 3 is 2.96 bits per heavy atom. The summed E-state index contributed by atoms with van der Waals surface area (Å²) < 4.78 is 10.9. The van der Waals surface area contributed by atoms with Crippen LogP contribution in [0.4, 0.5) is 0 Å². The molecule has 2 heterocycles. The standard InChI is InChI=1S/C17H21N3O3/c1-2-15-18-17(23-19-15)13-7-6-10-20(11-13)16(21)12-22-14-8-4-3-5-9-14/h3-5,8-9,13H,2,6-7,10-12H2,1H3/t13-/m0/s1. The van der Waals surface area contributed by atoms with Crippen LogP contribution in [0.3, 0.4) is 0 Å². The first kappa shape index (κ1) is 15.5. The van der Waals surface area contributed by atoms with Gasteiger partial charge in [-0.3, -0.25) is 4.79 Å². The van der Waals surface area contributed by atoms with Crippen molar-refractivity contribution in [2.45, 2.75) is 32.1 Å². The third-order valence-corrected chi connectivity index (χ3v) is 4.03. The first-order chi connectivity index (χ1) is 11.3. The van der Waals surface area contributed by atoms with Crippen molar-refractivity contribution in [1.82, 2.24) is 15.0 Å². The van der Waals surface area contributed by atoms with Crippen LogP contribution in [0.1, 0.15) is 37.4 Å². The maximum atomic E-state index is 12.3. The van der Waals surface area contributed by atoms with Crippen molar-refractivity contribution in [1.29, 1.82) is 0 Å². The molecule has 0 N–H and O–H groups in total. The van der Waals surface area contributed by atoms with Gasteiger partial charge < -0.3 is 14.2 Å². The van der Waals surface area contributed by atoms with Crippen LogP contribution >= 0.6 is 0 Å². The van der Waals surface area contributed by atoms with Crippen LogP contribution in [0.25, 0.3) is 0 Å². The molecule has 0 radical (unpaired) electrons. The number of ether oxygens (including phenoxy) is 1. The second-order valence-corrected chi connectivity index (χ2v) is 5.68. The van der Waals surface area contributed by atoms with Gasteiger partial charge in [0.15, 0.2) is 12.4 Å². The summed E-state index contributed by atoms with van der Waals surface area (Å²) in [7, 11) is 0. The second kappa shape index (κ2) is 7.26. The average molecular weight is 315 g/mol. The van der Waals surface area contributed by atoms with E-state index in [-0.39, 0.29) is 18.4 Å². The van der Waals surface area contributed by atoms with E-state index in [4.69, 9.17) is 9.26 Å². The number of carbonyl (C=O) groups is 1. The van der Waals surface area contributed by atoms with Crippen molar-refractivity contribution in [3.63, 3.8) is 0 Å². The molecular formula is C17H21N3O3. The van der Waals surface area contributed by atoms with Crippen LogP contribution in [-0.2, 0) is 11.2 Å². The molecule has 2 aromatic rings. The monoisotopic (exact) mass is 315 g/mol. The minimum atomic E-state index is -0.00576. The number of aryl methyl sites for hydroxylation is 1. The minimum absolute atomic E-state index is 0.00576. The van der Waals surface area contributed by atoms with E-state index in [9.17, 15) is 4.79 Å². The maximum Gasteiger partial charge on any atom is 0.260 e. The summed E-state index contributed by atoms with van der Waals surface area (Å²) in [6, 6.07) is 9.38. The van der Waals surface area contributed by atoms with E-state index < -0.39 is 0 Å². The Morgan fingerprint density at radius 2 is 2.22 bits per heavy atom. The second-order valence-electron chi connectivity index (χ2n) is 5.68. The molecule has 122 valence electrons. The molecule has 0 spiro atoms. The topological polar surface area (TPSA) is 68.5 Å². The van der Waals surface area contributed by atoms with Gasteiger partial charge in [-0.2, -0.15) is 4.98 Å². The molecular weight excluding hydrogens is 294 g/mol. The molecule has 6 nitrogen and oxygen atoms in total. The molecule has 23 heavy (non-hydrogen) atoms. The van der Waals surface area contributed by atoms with E-state index in [0.29, 0.717) is 18.2 Å². The number of hydrogen-bond donors (Lipinski definition) is 0. The lowest BCUT2D eigenvalue weighted by molar-refractivity contribution is -0.134. The molecule has 0 saturated carbocycles. The zero-order valence-corrected chi connectivity index (χ0v) is 13.3. The van der Waals surface area contributed by atoms with Crippen LogP contribution in [0, 0.1) is 0 Å². The molecule has 3 rings (SSSR count). The fourth-order valence-corrected chi connectivity index (χ4v) is 2.74. The van der Waals surface area contributed by atoms with E-state index in [1.807, 2.05) is 42.2 Å². The van der Waals surface area contributed by atoms with Crippen molar-refractivity contribution < 1.29 is 14.1 Å². The Morgan fingerprint density at radius 1 is 1.39 bits per heavy atom. The predicted molar refractivity (Wildman–Crippen MR) is 84.2 cm³/mol. The molecule has 1 aromatic carbocycles. The maximum absolute atomic E-state index is 12.3. The molecule has 0 unspecified atom stereocenters. The van der Waals surface area contributed by atoms with Gasteiger partial charge in [-0.25, -0.2) is 0 Å². The highest BCUT2D eigenvalue weighted by atomic mass is 16.5. The van der Waals surface area contributed by atoms with E-state index >= 15 is 0 Å². The van der Waals surface area contributed by atoms with Gasteiger partial charge >= 0.3 is 0 Å². The largest absolute Gasteiger partial charge is 0.484 e. The number of benzene rings is 1. The Hall–Kier alpha value is -2.37. The molecule has 0 bridgehead atoms. The van der Waals surface area contributed by atoms with Crippen molar-refractivity contribution in [2.75, 3.05) is 19.7 Å². The number of piperidine rings is 1. The fraction of sp³-hybridized carbons (Fsp3) is 0.471. The van der Waals surface area contributed by atoms with E-state index in [2.05, 4.69) is 10.1 Å². The van der Waals surface area contributed by atoms with Gasteiger partial charge in [0.1, 0.15) is 5.75 Å². The van der Waals surface area contributed by atoms with Crippen molar-refractivity contribution in [3.05, 3.63) is 42.0 Å². The lowest BCUT2D eigenvalue weighted by Gasteiger charge is -2.30. The number of para-hydroxylation sites is 1. The molecule has 1 atom stereocenters. The molecule has 1 aromatic heterocycles. The molecule has 1 saturated heterocycles. The smallest absolute Gasteiger partial charge is 0.260 e. The predicted octanol–water partition coefficient (Wildman–Crippen LogP) is 2.42. The zero-order chi connectivity index (χ0) is 16.1. The van der Waals surface area contributed by atoms with E-state index in [1.165, 1.54) is 0 Å². The van der Waals surface area contributed by atoms with E-state index in [1.54, 1.807) is 0 Å². The van der Waals surface area contributed by atoms with Crippen LogP contribution < -0.4 is 4.74 Å². The number of nitrogens with zero attached hydrogens (tertiary/aromatic N) is 3. The fourth-order valence-electron chi connectivity index (χ4n) is 2.74. The van der Waals surface area contributed by atoms with Gasteiger partial charge in [0.25, 0.3) is 5.91 Å². The zero-order valence-electron chi connectivity index (χ0n) is 13.3. The highest BCUT2D eigenvalue weighted by molar-refractivity contribution is 5.78. The molecule has 1 amide bonds. The third kappa shape index (κ3) is 3.88. The number of hydrogen-bond acceptors (Lipinski definition) is 5. The van der Waals surface area contributed by atoms with Gasteiger partial charge in [-0.05, 0) is 25.0 Å². The summed E-state index contributed by atoms with van der Waals surface area (Å²) in [6.07, 6.45) is 2.66. The van der Waals surface area contributed by atoms with Crippen molar-refractivity contribution in [2.24, 2.45) is 0 Å². The summed E-state index contributed by atoms with van der Waals surface area (Å²) in [6.45, 7) is 3.41. The average Bonchev–Trinajstić information content (AvgIpc) is 3.10. The van der Waals surface area contributed by atoms with Crippen LogP contribution in [0.15, 0.2) is 34.9 Å². The van der Waals surface area contributed by atoms with Crippen LogP contribution in [0.5, 0.6) is 5.75 Å². The number of likely N-dealkylation sites (tertiary alicyclic amines) is 1. The lowest BCUT2D eigenvalue weighted by Crippen LogP contribution is -2.41. The number of amides is 1. The summed E-state index contributed by atoms with van der Waals surface area (Å²) in [5.74, 6) is 2.18. The highest BCUT2D eigenvalue weighted by Crippen LogP contribution is 2.25. The van der Waals surface area contributed by atoms with Crippen LogP contribution in [-0.4, -0.2) is 40.6 Å². The van der Waals surface area contributed by atoms with Crippen molar-refractivity contribution >= 4 is 5.91 Å². The summed E-state index contributed by atoms with van der Waals surface area (Å²) in [5, 5.41) is 3.94. The Balaban J connectivity index is 1.56. The number of aromatic nitrogens is 2. The quantitative estimate of drug-likeness (QED) is 0.847. The number of rotatable bonds is 5. The van der Waals surface area contributed by atoms with Gasteiger partial charge in [-0.1, -0.05) is 30.3 Å². The molecule has 1 fully saturated rings. The Bertz CT molecular complexity index is 642. The molecule has 6 heteroatoms. The minimum Gasteiger partial charge on any atom is -0.484 e. The normalized spacial score (nSPS) is 18.0. The first-order valence-electron chi connectivity index (χ1n) is 8.04. The van der Waals surface area contributed by atoms with Gasteiger partial charge in [0, 0.05) is 19.5 Å². The van der Waals surface area contributed by atoms with Gasteiger partial charge in [0.05, 0.1) is 5.92 Å². The third-order valence-electron chi connectivity index (χ3n) is 4.03. The first-order valence-corrected chi connectivity index (χ1v) is 8.04. The van der Waals surface area contributed by atoms with Gasteiger partial charge in [0.2, 0.25) is 5.89 Å². The molecule has 0 aliphatic carbocycles. The van der Waals surface area contributed by atoms with E-state index in [0.717, 1.165) is 31.6 Å². The highest BCUT2D eigenvalue weighted by Gasteiger charge is 2.28. The van der Waals surface area contributed by atoms with Crippen LogP contribution in [0.2, 0.25) is 0 Å². The Labute approximate surface area is 135 Å². The lowest BCUT2D eigenvalue weighted by atomic mass is 9.98. The summed E-state index contributed by atoms with van der Waals surface area (Å²) in [4.78, 5) is 18.6. The Kier molecular flexibility index (Phi) is 4.90.